The lowest BCUT2D eigenvalue weighted by Crippen LogP contribution is -2.35. The van der Waals surface area contributed by atoms with Crippen LogP contribution in [-0.4, -0.2) is 43.3 Å². The van der Waals surface area contributed by atoms with Crippen LogP contribution in [0.1, 0.15) is 6.42 Å². The van der Waals surface area contributed by atoms with Crippen LogP contribution in [0.2, 0.25) is 0 Å². The minimum atomic E-state index is -4.04. The standard InChI is InChI=1S/C8H13F3N2/c9-8(10,11)5-13-3-6-1-2-12-7(6)4-13/h6-7,12H,1-5H2/t6-,7+/m0/s1. The molecule has 0 aromatic rings. The maximum Gasteiger partial charge on any atom is 0.401 e. The van der Waals surface area contributed by atoms with Crippen molar-refractivity contribution in [3.05, 3.63) is 0 Å². The van der Waals surface area contributed by atoms with Gasteiger partial charge in [0.15, 0.2) is 0 Å². The Labute approximate surface area is 75.1 Å². The third-order valence-electron chi connectivity index (χ3n) is 2.84. The summed E-state index contributed by atoms with van der Waals surface area (Å²) in [5, 5.41) is 3.23. The van der Waals surface area contributed by atoms with Crippen molar-refractivity contribution in [1.29, 1.82) is 0 Å². The summed E-state index contributed by atoms with van der Waals surface area (Å²) >= 11 is 0. The first-order valence-corrected chi connectivity index (χ1v) is 4.57. The molecule has 5 heteroatoms. The molecule has 1 N–H and O–H groups in total. The van der Waals surface area contributed by atoms with Crippen LogP contribution in [0.4, 0.5) is 13.2 Å². The van der Waals surface area contributed by atoms with E-state index < -0.39 is 12.7 Å². The van der Waals surface area contributed by atoms with Gasteiger partial charge >= 0.3 is 6.18 Å². The number of rotatable bonds is 1. The molecule has 0 aromatic heterocycles. The van der Waals surface area contributed by atoms with E-state index in [9.17, 15) is 13.2 Å². The smallest absolute Gasteiger partial charge is 0.312 e. The topological polar surface area (TPSA) is 15.3 Å². The second-order valence-corrected chi connectivity index (χ2v) is 3.92. The Bertz CT molecular complexity index is 180. The Morgan fingerprint density at radius 3 is 2.69 bits per heavy atom. The molecule has 0 amide bonds. The summed E-state index contributed by atoms with van der Waals surface area (Å²) in [5.74, 6) is 0.447. The van der Waals surface area contributed by atoms with Crippen LogP contribution in [0.25, 0.3) is 0 Å². The van der Waals surface area contributed by atoms with E-state index in [-0.39, 0.29) is 0 Å². The normalized spacial score (nSPS) is 35.3. The number of nitrogens with zero attached hydrogens (tertiary/aromatic N) is 1. The Balaban J connectivity index is 1.85. The predicted octanol–water partition coefficient (Wildman–Crippen LogP) is 0.842. The van der Waals surface area contributed by atoms with Crippen LogP contribution >= 0.6 is 0 Å². The molecular formula is C8H13F3N2. The first-order chi connectivity index (χ1) is 6.04. The predicted molar refractivity (Wildman–Crippen MR) is 42.4 cm³/mol. The molecule has 2 atom stereocenters. The number of alkyl halides is 3. The van der Waals surface area contributed by atoms with Crippen LogP contribution < -0.4 is 5.32 Å². The zero-order valence-corrected chi connectivity index (χ0v) is 7.27. The van der Waals surface area contributed by atoms with Gasteiger partial charge in [-0.25, -0.2) is 0 Å². The highest BCUT2D eigenvalue weighted by molar-refractivity contribution is 4.94. The van der Waals surface area contributed by atoms with E-state index in [0.29, 0.717) is 25.0 Å². The van der Waals surface area contributed by atoms with Gasteiger partial charge < -0.3 is 5.32 Å². The summed E-state index contributed by atoms with van der Waals surface area (Å²) in [6.45, 7) is 1.39. The van der Waals surface area contributed by atoms with Gasteiger partial charge in [0.2, 0.25) is 0 Å². The molecule has 2 nitrogen and oxygen atoms in total. The maximum atomic E-state index is 12.0. The minimum Gasteiger partial charge on any atom is -0.312 e. The number of nitrogens with one attached hydrogen (secondary N) is 1. The lowest BCUT2D eigenvalue weighted by Gasteiger charge is -2.18. The molecule has 0 spiro atoms. The van der Waals surface area contributed by atoms with Crippen molar-refractivity contribution in [2.24, 2.45) is 5.92 Å². The fourth-order valence-electron chi connectivity index (χ4n) is 2.32. The number of hydrogen-bond acceptors (Lipinski definition) is 2. The monoisotopic (exact) mass is 194 g/mol. The van der Waals surface area contributed by atoms with Crippen molar-refractivity contribution < 1.29 is 13.2 Å². The van der Waals surface area contributed by atoms with Crippen LogP contribution in [0.15, 0.2) is 0 Å². The van der Waals surface area contributed by atoms with E-state index in [2.05, 4.69) is 5.32 Å². The highest BCUT2D eigenvalue weighted by Gasteiger charge is 2.40. The molecule has 2 rings (SSSR count). The minimum absolute atomic E-state index is 0.308. The molecule has 0 saturated carbocycles. The van der Waals surface area contributed by atoms with E-state index in [1.165, 1.54) is 4.90 Å². The van der Waals surface area contributed by atoms with Crippen LogP contribution in [-0.2, 0) is 0 Å². The van der Waals surface area contributed by atoms with Crippen molar-refractivity contribution in [2.45, 2.75) is 18.6 Å². The van der Waals surface area contributed by atoms with E-state index in [0.717, 1.165) is 13.0 Å². The average molecular weight is 194 g/mol. The average Bonchev–Trinajstić information content (AvgIpc) is 2.40. The first-order valence-electron chi connectivity index (χ1n) is 4.57. The van der Waals surface area contributed by atoms with Gasteiger partial charge in [-0.2, -0.15) is 13.2 Å². The Kier molecular flexibility index (Phi) is 2.23. The second-order valence-electron chi connectivity index (χ2n) is 3.92. The highest BCUT2D eigenvalue weighted by Crippen LogP contribution is 2.27. The van der Waals surface area contributed by atoms with Crippen LogP contribution in [0.5, 0.6) is 0 Å². The number of fused-ring (bicyclic) bond motifs is 1. The summed E-state index contributed by atoms with van der Waals surface area (Å²) in [5.41, 5.74) is 0. The van der Waals surface area contributed by atoms with Crippen LogP contribution in [0.3, 0.4) is 0 Å². The number of likely N-dealkylation sites (tertiary alicyclic amines) is 1. The fraction of sp³-hybridized carbons (Fsp3) is 1.00. The van der Waals surface area contributed by atoms with Gasteiger partial charge in [-0.3, -0.25) is 4.90 Å². The quantitative estimate of drug-likeness (QED) is 0.665. The third-order valence-corrected chi connectivity index (χ3v) is 2.84. The molecule has 13 heavy (non-hydrogen) atoms. The molecule has 0 aromatic carbocycles. The molecule has 2 fully saturated rings. The molecule has 2 aliphatic heterocycles. The van der Waals surface area contributed by atoms with Crippen molar-refractivity contribution in [1.82, 2.24) is 10.2 Å². The summed E-state index contributed by atoms with van der Waals surface area (Å²) in [6.07, 6.45) is -3.02. The molecule has 0 unspecified atom stereocenters. The largest absolute Gasteiger partial charge is 0.401 e. The van der Waals surface area contributed by atoms with E-state index in [4.69, 9.17) is 0 Å². The number of hydrogen-bond donors (Lipinski definition) is 1. The van der Waals surface area contributed by atoms with E-state index in [1.807, 2.05) is 0 Å². The summed E-state index contributed by atoms with van der Waals surface area (Å²) < 4.78 is 36.1. The van der Waals surface area contributed by atoms with E-state index >= 15 is 0 Å². The Morgan fingerprint density at radius 2 is 2.08 bits per heavy atom. The number of halogens is 3. The summed E-state index contributed by atoms with van der Waals surface area (Å²) in [7, 11) is 0. The first kappa shape index (κ1) is 9.27. The zero-order valence-electron chi connectivity index (χ0n) is 7.27. The molecule has 0 aliphatic carbocycles. The van der Waals surface area contributed by atoms with Crippen LogP contribution in [0, 0.1) is 5.92 Å². The Hall–Kier alpha value is -0.290. The third kappa shape index (κ3) is 2.14. The van der Waals surface area contributed by atoms with Gasteiger partial charge in [-0.1, -0.05) is 0 Å². The van der Waals surface area contributed by atoms with Gasteiger partial charge in [0, 0.05) is 19.1 Å². The molecular weight excluding hydrogens is 181 g/mol. The molecule has 2 heterocycles. The van der Waals surface area contributed by atoms with Gasteiger partial charge in [0.05, 0.1) is 6.54 Å². The highest BCUT2D eigenvalue weighted by atomic mass is 19.4. The molecule has 0 radical (unpaired) electrons. The van der Waals surface area contributed by atoms with Gasteiger partial charge in [-0.05, 0) is 18.9 Å². The fourth-order valence-corrected chi connectivity index (χ4v) is 2.32. The zero-order chi connectivity index (χ0) is 9.47. The molecule has 2 saturated heterocycles. The van der Waals surface area contributed by atoms with Crippen molar-refractivity contribution in [3.8, 4) is 0 Å². The SMILES string of the molecule is FC(F)(F)CN1C[C@@H]2CCN[C@@H]2C1. The molecule has 2 aliphatic rings. The molecule has 76 valence electrons. The maximum absolute atomic E-state index is 12.0. The van der Waals surface area contributed by atoms with Gasteiger partial charge in [-0.15, -0.1) is 0 Å². The van der Waals surface area contributed by atoms with Crippen molar-refractivity contribution in [2.75, 3.05) is 26.2 Å². The lowest BCUT2D eigenvalue weighted by atomic mass is 10.1. The summed E-state index contributed by atoms with van der Waals surface area (Å²) in [4.78, 5) is 1.50. The molecule has 0 bridgehead atoms. The van der Waals surface area contributed by atoms with E-state index in [1.54, 1.807) is 0 Å². The second kappa shape index (κ2) is 3.13. The van der Waals surface area contributed by atoms with Crippen molar-refractivity contribution in [3.63, 3.8) is 0 Å². The Morgan fingerprint density at radius 1 is 1.31 bits per heavy atom. The van der Waals surface area contributed by atoms with Gasteiger partial charge in [0.1, 0.15) is 0 Å². The lowest BCUT2D eigenvalue weighted by molar-refractivity contribution is -0.144. The summed E-state index contributed by atoms with van der Waals surface area (Å²) in [6, 6.07) is 0.308. The van der Waals surface area contributed by atoms with Gasteiger partial charge in [0.25, 0.3) is 0 Å². The van der Waals surface area contributed by atoms with Crippen molar-refractivity contribution >= 4 is 0 Å².